The highest BCUT2D eigenvalue weighted by atomic mass is 16.3. The summed E-state index contributed by atoms with van der Waals surface area (Å²) in [5, 5.41) is 21.7. The fraction of sp³-hybridized carbons (Fsp3) is 0.562. The van der Waals surface area contributed by atoms with E-state index in [1.165, 1.54) is 0 Å². The molecule has 0 bridgehead atoms. The molecule has 0 aliphatic rings. The molecule has 0 aliphatic heterocycles. The number of phenols is 2. The quantitative estimate of drug-likeness (QED) is 0.331. The number of carbonyl (C=O) groups excluding carboxylic acids is 2. The van der Waals surface area contributed by atoms with Crippen LogP contribution in [-0.4, -0.2) is 22.0 Å². The van der Waals surface area contributed by atoms with E-state index in [1.54, 1.807) is 13.8 Å². The molecule has 2 rings (SSSR count). The van der Waals surface area contributed by atoms with Gasteiger partial charge in [-0.05, 0) is 69.9 Å². The summed E-state index contributed by atoms with van der Waals surface area (Å²) < 4.78 is 0. The summed E-state index contributed by atoms with van der Waals surface area (Å²) in [5.74, 6) is -1.23. The van der Waals surface area contributed by atoms with Gasteiger partial charge in [-0.15, -0.1) is 0 Å². The Morgan fingerprint density at radius 3 is 1.29 bits per heavy atom. The average Bonchev–Trinajstić information content (AvgIpc) is 2.79. The third kappa shape index (κ3) is 6.89. The number of aryl methyl sites for hydroxylation is 1. The van der Waals surface area contributed by atoms with E-state index < -0.39 is 11.8 Å². The predicted molar refractivity (Wildman–Crippen MR) is 155 cm³/mol. The SMILES string of the molecule is CCc1cc(C(C)C(=O)NNC(=O)C(C)c2cc(C(C)(C)C)c(O)c(C(C)(C)C)c2)cc(C(C)(C)C)c1O. The van der Waals surface area contributed by atoms with E-state index in [4.69, 9.17) is 0 Å². The lowest BCUT2D eigenvalue weighted by Gasteiger charge is -2.29. The second-order valence-electron chi connectivity index (χ2n) is 13.6. The normalized spacial score (nSPS) is 14.1. The van der Waals surface area contributed by atoms with Crippen molar-refractivity contribution in [2.45, 2.75) is 118 Å². The maximum Gasteiger partial charge on any atom is 0.245 e. The van der Waals surface area contributed by atoms with Crippen molar-refractivity contribution in [1.82, 2.24) is 10.9 Å². The number of hydrogen-bond donors (Lipinski definition) is 4. The first-order valence-corrected chi connectivity index (χ1v) is 13.5. The van der Waals surface area contributed by atoms with Crippen molar-refractivity contribution in [3.63, 3.8) is 0 Å². The topological polar surface area (TPSA) is 98.7 Å². The predicted octanol–water partition coefficient (Wildman–Crippen LogP) is 6.61. The summed E-state index contributed by atoms with van der Waals surface area (Å²) in [6, 6.07) is 7.51. The average molecular weight is 525 g/mol. The van der Waals surface area contributed by atoms with Gasteiger partial charge in [-0.2, -0.15) is 0 Å². The molecule has 38 heavy (non-hydrogen) atoms. The van der Waals surface area contributed by atoms with Gasteiger partial charge in [0.2, 0.25) is 11.8 Å². The van der Waals surface area contributed by atoms with Crippen molar-refractivity contribution in [2.24, 2.45) is 0 Å². The van der Waals surface area contributed by atoms with Crippen molar-refractivity contribution in [1.29, 1.82) is 0 Å². The minimum atomic E-state index is -0.554. The number of hydrogen-bond acceptors (Lipinski definition) is 4. The molecule has 0 saturated heterocycles. The van der Waals surface area contributed by atoms with Gasteiger partial charge in [0, 0.05) is 0 Å². The van der Waals surface area contributed by atoms with Crippen LogP contribution in [0.4, 0.5) is 0 Å². The Labute approximate surface area is 229 Å². The van der Waals surface area contributed by atoms with Crippen LogP contribution in [0.5, 0.6) is 11.5 Å². The summed E-state index contributed by atoms with van der Waals surface area (Å²) in [6.07, 6.45) is 0.644. The highest BCUT2D eigenvalue weighted by molar-refractivity contribution is 5.89. The van der Waals surface area contributed by atoms with Gasteiger partial charge in [0.1, 0.15) is 11.5 Å². The number of rotatable bonds is 5. The van der Waals surface area contributed by atoms with Crippen molar-refractivity contribution in [2.75, 3.05) is 0 Å². The molecule has 0 aromatic heterocycles. The third-order valence-electron chi connectivity index (χ3n) is 7.24. The molecule has 6 nitrogen and oxygen atoms in total. The van der Waals surface area contributed by atoms with Gasteiger partial charge in [0.05, 0.1) is 11.8 Å². The molecule has 6 heteroatoms. The molecule has 0 saturated carbocycles. The van der Waals surface area contributed by atoms with Gasteiger partial charge in [-0.1, -0.05) is 93.5 Å². The molecule has 0 aliphatic carbocycles. The van der Waals surface area contributed by atoms with E-state index in [-0.39, 0.29) is 39.6 Å². The third-order valence-corrected chi connectivity index (χ3v) is 7.24. The van der Waals surface area contributed by atoms with E-state index in [9.17, 15) is 19.8 Å². The van der Waals surface area contributed by atoms with Crippen molar-refractivity contribution in [3.8, 4) is 11.5 Å². The van der Waals surface area contributed by atoms with E-state index >= 15 is 0 Å². The lowest BCUT2D eigenvalue weighted by molar-refractivity contribution is -0.130. The van der Waals surface area contributed by atoms with Gasteiger partial charge in [-0.25, -0.2) is 0 Å². The summed E-state index contributed by atoms with van der Waals surface area (Å²) in [6.45, 7) is 23.8. The standard InChI is InChI=1S/C32H48N2O4/c1-13-20-14-21(15-23(26(20)35)30(4,5)6)18(2)28(37)33-34-29(38)19(3)22-16-24(31(7,8)9)27(36)25(17-22)32(10,11)12/h14-19,35-36H,13H2,1-12H3,(H,33,37)(H,34,38). The number of amides is 2. The maximum atomic E-state index is 13.1. The Morgan fingerprint density at radius 2 is 0.974 bits per heavy atom. The largest absolute Gasteiger partial charge is 0.507 e. The molecule has 0 spiro atoms. The fourth-order valence-corrected chi connectivity index (χ4v) is 4.50. The molecule has 2 aromatic carbocycles. The minimum Gasteiger partial charge on any atom is -0.507 e. The Kier molecular flexibility index (Phi) is 9.03. The Balaban J connectivity index is 2.29. The molecule has 0 fully saturated rings. The summed E-state index contributed by atoms with van der Waals surface area (Å²) in [4.78, 5) is 26.2. The monoisotopic (exact) mass is 524 g/mol. The molecule has 2 aromatic rings. The molecule has 2 unspecified atom stereocenters. The van der Waals surface area contributed by atoms with Crippen molar-refractivity contribution >= 4 is 11.8 Å². The minimum absolute atomic E-state index is 0.262. The Hall–Kier alpha value is -3.02. The number of hydrazine groups is 1. The van der Waals surface area contributed by atoms with E-state index in [0.717, 1.165) is 33.4 Å². The zero-order valence-corrected chi connectivity index (χ0v) is 25.4. The molecule has 2 amide bonds. The van der Waals surface area contributed by atoms with Crippen LogP contribution in [0.25, 0.3) is 0 Å². The lowest BCUT2D eigenvalue weighted by Crippen LogP contribution is -2.45. The van der Waals surface area contributed by atoms with Crippen LogP contribution in [0.2, 0.25) is 0 Å². The molecule has 4 N–H and O–H groups in total. The highest BCUT2D eigenvalue weighted by Gasteiger charge is 2.29. The van der Waals surface area contributed by atoms with E-state index in [1.807, 2.05) is 93.5 Å². The first kappa shape index (κ1) is 31.2. The zero-order valence-electron chi connectivity index (χ0n) is 25.4. The van der Waals surface area contributed by atoms with Crippen LogP contribution >= 0.6 is 0 Å². The Morgan fingerprint density at radius 1 is 0.658 bits per heavy atom. The molecule has 210 valence electrons. The van der Waals surface area contributed by atoms with Gasteiger partial charge < -0.3 is 10.2 Å². The lowest BCUT2D eigenvalue weighted by atomic mass is 9.77. The van der Waals surface area contributed by atoms with E-state index in [2.05, 4.69) is 10.9 Å². The fourth-order valence-electron chi connectivity index (χ4n) is 4.50. The summed E-state index contributed by atoms with van der Waals surface area (Å²) in [7, 11) is 0. The van der Waals surface area contributed by atoms with Crippen LogP contribution in [0.1, 0.15) is 128 Å². The van der Waals surface area contributed by atoms with Gasteiger partial charge in [0.15, 0.2) is 0 Å². The van der Waals surface area contributed by atoms with Gasteiger partial charge >= 0.3 is 0 Å². The van der Waals surface area contributed by atoms with Crippen molar-refractivity contribution < 1.29 is 19.8 Å². The zero-order chi connectivity index (χ0) is 29.4. The van der Waals surface area contributed by atoms with Crippen LogP contribution in [-0.2, 0) is 32.3 Å². The van der Waals surface area contributed by atoms with Crippen LogP contribution < -0.4 is 10.9 Å². The first-order chi connectivity index (χ1) is 17.2. The number of benzene rings is 2. The summed E-state index contributed by atoms with van der Waals surface area (Å²) >= 11 is 0. The maximum absolute atomic E-state index is 13.1. The second kappa shape index (κ2) is 11.0. The van der Waals surface area contributed by atoms with Crippen molar-refractivity contribution in [3.05, 3.63) is 57.6 Å². The molecule has 2 atom stereocenters. The first-order valence-electron chi connectivity index (χ1n) is 13.5. The van der Waals surface area contributed by atoms with E-state index in [0.29, 0.717) is 6.42 Å². The Bertz CT molecular complexity index is 1160. The second-order valence-corrected chi connectivity index (χ2v) is 13.6. The number of nitrogens with one attached hydrogen (secondary N) is 2. The number of phenolic OH excluding ortho intramolecular Hbond substituents is 2. The summed E-state index contributed by atoms with van der Waals surface area (Å²) in [5.41, 5.74) is 8.99. The smallest absolute Gasteiger partial charge is 0.245 e. The van der Waals surface area contributed by atoms with Crippen LogP contribution in [0, 0.1) is 0 Å². The molecular weight excluding hydrogens is 476 g/mol. The van der Waals surface area contributed by atoms with Crippen LogP contribution in [0.15, 0.2) is 24.3 Å². The molecular formula is C32H48N2O4. The number of aromatic hydroxyl groups is 2. The molecule has 0 radical (unpaired) electrons. The highest BCUT2D eigenvalue weighted by Crippen LogP contribution is 2.41. The van der Waals surface area contributed by atoms with Gasteiger partial charge in [-0.3, -0.25) is 20.4 Å². The molecule has 0 heterocycles. The van der Waals surface area contributed by atoms with Crippen LogP contribution in [0.3, 0.4) is 0 Å². The number of carbonyl (C=O) groups is 2. The van der Waals surface area contributed by atoms with Gasteiger partial charge in [0.25, 0.3) is 0 Å².